The van der Waals surface area contributed by atoms with Crippen molar-refractivity contribution in [3.63, 3.8) is 0 Å². The van der Waals surface area contributed by atoms with E-state index >= 15 is 0 Å². The molecule has 0 aliphatic rings. The summed E-state index contributed by atoms with van der Waals surface area (Å²) in [5.41, 5.74) is 11.5. The van der Waals surface area contributed by atoms with Crippen LogP contribution in [0.3, 0.4) is 0 Å². The van der Waals surface area contributed by atoms with Crippen LogP contribution < -0.4 is 10.7 Å². The van der Waals surface area contributed by atoms with Gasteiger partial charge in [0.2, 0.25) is 0 Å². The van der Waals surface area contributed by atoms with E-state index < -0.39 is 0 Å². The summed E-state index contributed by atoms with van der Waals surface area (Å²) >= 11 is 0. The smallest absolute Gasteiger partial charge is 0.267 e. The zero-order chi connectivity index (χ0) is 28.5. The molecule has 0 atom stereocenters. The molecule has 204 valence electrons. The second-order valence-electron chi connectivity index (χ2n) is 10.2. The maximum Gasteiger partial charge on any atom is 0.267 e. The van der Waals surface area contributed by atoms with Crippen LogP contribution in [0.2, 0.25) is 0 Å². The highest BCUT2D eigenvalue weighted by atomic mass is 16.2. The van der Waals surface area contributed by atoms with Crippen molar-refractivity contribution in [2.75, 3.05) is 20.1 Å². The third kappa shape index (κ3) is 5.15. The molecule has 6 aromatic rings. The van der Waals surface area contributed by atoms with Crippen LogP contribution >= 0.6 is 0 Å². The summed E-state index contributed by atoms with van der Waals surface area (Å²) in [5.74, 6) is -0.470. The van der Waals surface area contributed by atoms with Crippen LogP contribution in [0.25, 0.3) is 44.1 Å². The quantitative estimate of drug-likeness (QED) is 0.167. The third-order valence-corrected chi connectivity index (χ3v) is 7.13. The standard InChI is InChI=1S/C32H29N7O2/c1-19-9-4-13-23-27(19)36-29-21(11-6-15-25(29)34-23)31(40)33-17-8-18-39(3)38-32(41)22-12-7-16-26-30(22)37-28-20(2)10-5-14-24(28)35-26/h4-7,9-16H,8,17-18H2,1-3H3,(H,33,40)(H,38,41). The first kappa shape index (κ1) is 26.2. The Kier molecular flexibility index (Phi) is 6.94. The second kappa shape index (κ2) is 10.9. The van der Waals surface area contributed by atoms with Gasteiger partial charge < -0.3 is 5.32 Å². The number of hydrogen-bond acceptors (Lipinski definition) is 7. The minimum absolute atomic E-state index is 0.207. The van der Waals surface area contributed by atoms with E-state index in [1.54, 1.807) is 24.2 Å². The van der Waals surface area contributed by atoms with Crippen LogP contribution in [0.5, 0.6) is 0 Å². The van der Waals surface area contributed by atoms with Crippen LogP contribution in [0, 0.1) is 13.8 Å². The number of aromatic nitrogens is 4. The van der Waals surface area contributed by atoms with Crippen molar-refractivity contribution in [1.82, 2.24) is 35.7 Å². The average Bonchev–Trinajstić information content (AvgIpc) is 2.97. The molecule has 0 spiro atoms. The number of amides is 2. The number of fused-ring (bicyclic) bond motifs is 4. The molecule has 41 heavy (non-hydrogen) atoms. The van der Waals surface area contributed by atoms with Gasteiger partial charge in [-0.3, -0.25) is 15.0 Å². The normalized spacial score (nSPS) is 11.5. The van der Waals surface area contributed by atoms with Crippen molar-refractivity contribution < 1.29 is 9.59 Å². The van der Waals surface area contributed by atoms with Gasteiger partial charge in [-0.05, 0) is 67.8 Å². The SMILES string of the molecule is Cc1cccc2nc3cccc(C(=O)NCCCN(C)NC(=O)c4cccc5nc6cccc(C)c6nc45)c3nc12. The molecular weight excluding hydrogens is 514 g/mol. The van der Waals surface area contributed by atoms with E-state index in [0.717, 1.165) is 33.2 Å². The number of nitrogens with one attached hydrogen (secondary N) is 2. The van der Waals surface area contributed by atoms with Gasteiger partial charge in [-0.25, -0.2) is 24.9 Å². The molecule has 6 rings (SSSR count). The van der Waals surface area contributed by atoms with Gasteiger partial charge in [0.1, 0.15) is 11.0 Å². The molecule has 0 fully saturated rings. The minimum atomic E-state index is -0.263. The monoisotopic (exact) mass is 543 g/mol. The number of hydrogen-bond donors (Lipinski definition) is 2. The number of benzene rings is 4. The molecule has 9 nitrogen and oxygen atoms in total. The molecule has 0 bridgehead atoms. The van der Waals surface area contributed by atoms with Crippen LogP contribution in [0.4, 0.5) is 0 Å². The van der Waals surface area contributed by atoms with E-state index in [2.05, 4.69) is 10.7 Å². The van der Waals surface area contributed by atoms with Gasteiger partial charge >= 0.3 is 0 Å². The number of nitrogens with zero attached hydrogens (tertiary/aromatic N) is 5. The molecule has 0 aliphatic carbocycles. The van der Waals surface area contributed by atoms with Crippen LogP contribution in [-0.2, 0) is 0 Å². The van der Waals surface area contributed by atoms with E-state index in [0.29, 0.717) is 52.7 Å². The lowest BCUT2D eigenvalue weighted by molar-refractivity contribution is 0.0824. The van der Waals surface area contributed by atoms with Crippen molar-refractivity contribution in [1.29, 1.82) is 0 Å². The predicted octanol–water partition coefficient (Wildman–Crippen LogP) is 4.89. The highest BCUT2D eigenvalue weighted by Crippen LogP contribution is 2.23. The maximum atomic E-state index is 13.2. The summed E-state index contributed by atoms with van der Waals surface area (Å²) in [7, 11) is 1.80. The summed E-state index contributed by atoms with van der Waals surface area (Å²) < 4.78 is 0. The molecule has 2 heterocycles. The molecule has 0 aliphatic heterocycles. The van der Waals surface area contributed by atoms with Gasteiger partial charge in [-0.2, -0.15) is 0 Å². The summed E-state index contributed by atoms with van der Waals surface area (Å²) in [6.07, 6.45) is 0.625. The fourth-order valence-electron chi connectivity index (χ4n) is 4.99. The summed E-state index contributed by atoms with van der Waals surface area (Å²) in [6.45, 7) is 4.93. The van der Waals surface area contributed by atoms with Crippen LogP contribution in [-0.4, -0.2) is 56.9 Å². The van der Waals surface area contributed by atoms with Crippen molar-refractivity contribution in [2.45, 2.75) is 20.3 Å². The van der Waals surface area contributed by atoms with E-state index in [4.69, 9.17) is 19.9 Å². The van der Waals surface area contributed by atoms with Gasteiger partial charge in [-0.1, -0.05) is 36.4 Å². The lowest BCUT2D eigenvalue weighted by atomic mass is 10.1. The van der Waals surface area contributed by atoms with Crippen molar-refractivity contribution in [3.05, 3.63) is 95.1 Å². The number of aryl methyl sites for hydroxylation is 2. The number of para-hydroxylation sites is 4. The van der Waals surface area contributed by atoms with Gasteiger partial charge in [0.25, 0.3) is 11.8 Å². The van der Waals surface area contributed by atoms with Crippen LogP contribution in [0.15, 0.2) is 72.8 Å². The largest absolute Gasteiger partial charge is 0.352 e. The molecule has 0 unspecified atom stereocenters. The Balaban J connectivity index is 1.09. The summed E-state index contributed by atoms with van der Waals surface area (Å²) in [5, 5.41) is 4.69. The Morgan fingerprint density at radius 1 is 0.634 bits per heavy atom. The lowest BCUT2D eigenvalue weighted by Gasteiger charge is -2.18. The molecule has 2 N–H and O–H groups in total. The molecule has 2 amide bonds. The lowest BCUT2D eigenvalue weighted by Crippen LogP contribution is -2.41. The predicted molar refractivity (Wildman–Crippen MR) is 161 cm³/mol. The first-order valence-electron chi connectivity index (χ1n) is 13.5. The topological polar surface area (TPSA) is 113 Å². The van der Waals surface area contributed by atoms with E-state index in [1.807, 2.05) is 74.5 Å². The zero-order valence-electron chi connectivity index (χ0n) is 23.1. The minimum Gasteiger partial charge on any atom is -0.352 e. The van der Waals surface area contributed by atoms with Gasteiger partial charge in [0.15, 0.2) is 0 Å². The van der Waals surface area contributed by atoms with E-state index in [9.17, 15) is 9.59 Å². The number of hydrazine groups is 1. The van der Waals surface area contributed by atoms with Crippen molar-refractivity contribution >= 4 is 55.9 Å². The second-order valence-corrected chi connectivity index (χ2v) is 10.2. The number of carbonyl (C=O) groups excluding carboxylic acids is 2. The molecule has 0 saturated carbocycles. The zero-order valence-corrected chi connectivity index (χ0v) is 23.1. The van der Waals surface area contributed by atoms with Gasteiger partial charge in [-0.15, -0.1) is 0 Å². The molecule has 2 aromatic heterocycles. The fraction of sp³-hybridized carbons (Fsp3) is 0.188. The highest BCUT2D eigenvalue weighted by Gasteiger charge is 2.16. The van der Waals surface area contributed by atoms with Gasteiger partial charge in [0.05, 0.1) is 44.2 Å². The van der Waals surface area contributed by atoms with E-state index in [1.165, 1.54) is 0 Å². The Hall–Kier alpha value is -5.02. The van der Waals surface area contributed by atoms with Crippen molar-refractivity contribution in [3.8, 4) is 0 Å². The fourth-order valence-corrected chi connectivity index (χ4v) is 4.99. The summed E-state index contributed by atoms with van der Waals surface area (Å²) in [4.78, 5) is 45.1. The number of carbonyl (C=O) groups is 2. The first-order chi connectivity index (χ1) is 19.9. The molecule has 0 radical (unpaired) electrons. The Bertz CT molecular complexity index is 1970. The molecule has 4 aromatic carbocycles. The van der Waals surface area contributed by atoms with Crippen molar-refractivity contribution in [2.24, 2.45) is 0 Å². The highest BCUT2D eigenvalue weighted by molar-refractivity contribution is 6.07. The molecule has 0 saturated heterocycles. The first-order valence-corrected chi connectivity index (χ1v) is 13.5. The Morgan fingerprint density at radius 2 is 1.10 bits per heavy atom. The Morgan fingerprint density at radius 3 is 1.63 bits per heavy atom. The summed E-state index contributed by atoms with van der Waals surface area (Å²) in [6, 6.07) is 22.6. The van der Waals surface area contributed by atoms with Gasteiger partial charge in [0, 0.05) is 20.1 Å². The third-order valence-electron chi connectivity index (χ3n) is 7.13. The number of rotatable bonds is 7. The van der Waals surface area contributed by atoms with Crippen LogP contribution in [0.1, 0.15) is 38.3 Å². The maximum absolute atomic E-state index is 13.2. The molecular formula is C32H29N7O2. The average molecular weight is 544 g/mol. The Labute approximate surface area is 236 Å². The van der Waals surface area contributed by atoms with E-state index in [-0.39, 0.29) is 11.8 Å². The molecule has 9 heteroatoms.